The van der Waals surface area contributed by atoms with Gasteiger partial charge in [-0.25, -0.2) is 4.39 Å². The molecule has 0 heterocycles. The van der Waals surface area contributed by atoms with E-state index in [0.29, 0.717) is 11.1 Å². The lowest BCUT2D eigenvalue weighted by molar-refractivity contribution is 0.305. The van der Waals surface area contributed by atoms with Crippen LogP contribution in [0.4, 0.5) is 4.39 Å². The molecule has 0 spiro atoms. The summed E-state index contributed by atoms with van der Waals surface area (Å²) < 4.78 is 19.4. The van der Waals surface area contributed by atoms with E-state index in [4.69, 9.17) is 10.5 Å². The van der Waals surface area contributed by atoms with E-state index in [2.05, 4.69) is 15.9 Å². The van der Waals surface area contributed by atoms with Crippen LogP contribution >= 0.6 is 15.9 Å². The predicted molar refractivity (Wildman–Crippen MR) is 77.5 cm³/mol. The van der Waals surface area contributed by atoms with Crippen LogP contribution in [0.1, 0.15) is 24.1 Å². The highest BCUT2D eigenvalue weighted by atomic mass is 79.9. The highest BCUT2D eigenvalue weighted by Crippen LogP contribution is 2.22. The summed E-state index contributed by atoms with van der Waals surface area (Å²) in [6.07, 6.45) is 0. The van der Waals surface area contributed by atoms with Crippen molar-refractivity contribution in [3.8, 4) is 5.75 Å². The standard InChI is InChI=1S/C15H15BrFNO/c1-10(18)11-3-2-4-14(7-11)19-9-12-5-6-13(17)8-15(12)16/h2-8,10H,9,18H2,1H3/t10-/m0/s1. The van der Waals surface area contributed by atoms with Crippen molar-refractivity contribution in [1.82, 2.24) is 0 Å². The molecule has 2 nitrogen and oxygen atoms in total. The van der Waals surface area contributed by atoms with Gasteiger partial charge in [0.25, 0.3) is 0 Å². The molecule has 0 bridgehead atoms. The Bertz CT molecular complexity index is 572. The van der Waals surface area contributed by atoms with Crippen LogP contribution in [0.2, 0.25) is 0 Å². The Morgan fingerprint density at radius 2 is 2.05 bits per heavy atom. The zero-order chi connectivity index (χ0) is 13.8. The fourth-order valence-electron chi connectivity index (χ4n) is 1.69. The van der Waals surface area contributed by atoms with Crippen molar-refractivity contribution in [3.63, 3.8) is 0 Å². The summed E-state index contributed by atoms with van der Waals surface area (Å²) in [6.45, 7) is 2.30. The maximum atomic E-state index is 13.0. The van der Waals surface area contributed by atoms with Crippen molar-refractivity contribution < 1.29 is 9.13 Å². The number of benzene rings is 2. The Morgan fingerprint density at radius 3 is 2.74 bits per heavy atom. The van der Waals surface area contributed by atoms with Gasteiger partial charge >= 0.3 is 0 Å². The van der Waals surface area contributed by atoms with Crippen molar-refractivity contribution >= 4 is 15.9 Å². The van der Waals surface area contributed by atoms with Gasteiger partial charge in [-0.05, 0) is 36.8 Å². The van der Waals surface area contributed by atoms with Crippen molar-refractivity contribution in [2.24, 2.45) is 5.73 Å². The van der Waals surface area contributed by atoms with Crippen molar-refractivity contribution in [2.45, 2.75) is 19.6 Å². The average molecular weight is 324 g/mol. The summed E-state index contributed by atoms with van der Waals surface area (Å²) in [7, 11) is 0. The third kappa shape index (κ3) is 3.78. The summed E-state index contributed by atoms with van der Waals surface area (Å²) in [5.41, 5.74) is 7.75. The Kier molecular flexibility index (Phi) is 4.56. The third-order valence-electron chi connectivity index (χ3n) is 2.79. The molecule has 2 rings (SSSR count). The molecule has 2 aromatic rings. The highest BCUT2D eigenvalue weighted by molar-refractivity contribution is 9.10. The minimum Gasteiger partial charge on any atom is -0.489 e. The number of hydrogen-bond acceptors (Lipinski definition) is 2. The van der Waals surface area contributed by atoms with Gasteiger partial charge in [-0.3, -0.25) is 0 Å². The SMILES string of the molecule is C[C@H](N)c1cccc(OCc2ccc(F)cc2Br)c1. The molecule has 0 radical (unpaired) electrons. The molecule has 0 aliphatic carbocycles. The first-order valence-corrected chi connectivity index (χ1v) is 6.78. The molecule has 0 saturated heterocycles. The van der Waals surface area contributed by atoms with Gasteiger partial charge in [0.05, 0.1) is 0 Å². The van der Waals surface area contributed by atoms with Crippen molar-refractivity contribution in [3.05, 3.63) is 63.9 Å². The van der Waals surface area contributed by atoms with Crippen LogP contribution in [0.5, 0.6) is 5.75 Å². The number of nitrogens with two attached hydrogens (primary N) is 1. The minimum atomic E-state index is -0.269. The molecule has 19 heavy (non-hydrogen) atoms. The second-order valence-electron chi connectivity index (χ2n) is 4.39. The van der Waals surface area contributed by atoms with E-state index in [1.54, 1.807) is 6.07 Å². The van der Waals surface area contributed by atoms with E-state index in [-0.39, 0.29) is 11.9 Å². The normalized spacial score (nSPS) is 12.2. The fourth-order valence-corrected chi connectivity index (χ4v) is 2.15. The zero-order valence-electron chi connectivity index (χ0n) is 10.6. The van der Waals surface area contributed by atoms with Crippen LogP contribution < -0.4 is 10.5 Å². The van der Waals surface area contributed by atoms with Gasteiger partial charge < -0.3 is 10.5 Å². The quantitative estimate of drug-likeness (QED) is 0.915. The summed E-state index contributed by atoms with van der Waals surface area (Å²) >= 11 is 3.32. The van der Waals surface area contributed by atoms with Gasteiger partial charge in [-0.1, -0.05) is 34.1 Å². The van der Waals surface area contributed by atoms with Crippen LogP contribution in [0.15, 0.2) is 46.9 Å². The molecule has 100 valence electrons. The molecular formula is C15H15BrFNO. The monoisotopic (exact) mass is 323 g/mol. The molecule has 2 aromatic carbocycles. The smallest absolute Gasteiger partial charge is 0.124 e. The van der Waals surface area contributed by atoms with E-state index in [9.17, 15) is 4.39 Å². The van der Waals surface area contributed by atoms with Gasteiger partial charge in [0.1, 0.15) is 18.2 Å². The average Bonchev–Trinajstić information content (AvgIpc) is 2.38. The van der Waals surface area contributed by atoms with Crippen LogP contribution in [0.3, 0.4) is 0 Å². The van der Waals surface area contributed by atoms with Crippen molar-refractivity contribution in [2.75, 3.05) is 0 Å². The van der Waals surface area contributed by atoms with Gasteiger partial charge in [0.15, 0.2) is 0 Å². The molecule has 2 N–H and O–H groups in total. The minimum absolute atomic E-state index is 0.0268. The molecule has 0 saturated carbocycles. The number of halogens is 2. The first-order chi connectivity index (χ1) is 9.06. The topological polar surface area (TPSA) is 35.2 Å². The Labute approximate surface area is 120 Å². The lowest BCUT2D eigenvalue weighted by atomic mass is 10.1. The first-order valence-electron chi connectivity index (χ1n) is 5.98. The second-order valence-corrected chi connectivity index (χ2v) is 5.24. The van der Waals surface area contributed by atoms with E-state index in [0.717, 1.165) is 16.9 Å². The van der Waals surface area contributed by atoms with E-state index in [1.807, 2.05) is 31.2 Å². The highest BCUT2D eigenvalue weighted by Gasteiger charge is 2.04. The Morgan fingerprint density at radius 1 is 1.26 bits per heavy atom. The molecule has 1 atom stereocenters. The fraction of sp³-hybridized carbons (Fsp3) is 0.200. The molecule has 0 aromatic heterocycles. The second kappa shape index (κ2) is 6.17. The van der Waals surface area contributed by atoms with Crippen molar-refractivity contribution in [1.29, 1.82) is 0 Å². The van der Waals surface area contributed by atoms with Crippen LogP contribution in [0.25, 0.3) is 0 Å². The molecule has 0 amide bonds. The first kappa shape index (κ1) is 14.0. The maximum Gasteiger partial charge on any atom is 0.124 e. The number of rotatable bonds is 4. The Hall–Kier alpha value is -1.39. The predicted octanol–water partition coefficient (Wildman–Crippen LogP) is 4.19. The molecule has 0 fully saturated rings. The van der Waals surface area contributed by atoms with Crippen LogP contribution in [-0.2, 0) is 6.61 Å². The van der Waals surface area contributed by atoms with E-state index < -0.39 is 0 Å². The lowest BCUT2D eigenvalue weighted by Gasteiger charge is -2.11. The molecule has 0 unspecified atom stereocenters. The summed E-state index contributed by atoms with van der Waals surface area (Å²) in [6, 6.07) is 12.2. The largest absolute Gasteiger partial charge is 0.489 e. The molecule has 0 aliphatic rings. The third-order valence-corrected chi connectivity index (χ3v) is 3.53. The summed E-state index contributed by atoms with van der Waals surface area (Å²) in [5.74, 6) is 0.487. The van der Waals surface area contributed by atoms with Crippen LogP contribution in [-0.4, -0.2) is 0 Å². The zero-order valence-corrected chi connectivity index (χ0v) is 12.2. The summed E-state index contributed by atoms with van der Waals surface area (Å²) in [4.78, 5) is 0. The maximum absolute atomic E-state index is 13.0. The van der Waals surface area contributed by atoms with Crippen LogP contribution in [0, 0.1) is 5.82 Å². The summed E-state index contributed by atoms with van der Waals surface area (Å²) in [5, 5.41) is 0. The van der Waals surface area contributed by atoms with E-state index >= 15 is 0 Å². The molecule has 0 aliphatic heterocycles. The number of hydrogen-bond donors (Lipinski definition) is 1. The van der Waals surface area contributed by atoms with Gasteiger partial charge in [0.2, 0.25) is 0 Å². The van der Waals surface area contributed by atoms with E-state index in [1.165, 1.54) is 12.1 Å². The Balaban J connectivity index is 2.08. The van der Waals surface area contributed by atoms with Gasteiger partial charge in [-0.15, -0.1) is 0 Å². The lowest BCUT2D eigenvalue weighted by Crippen LogP contribution is -2.05. The number of ether oxygens (including phenoxy) is 1. The molecule has 4 heteroatoms. The van der Waals surface area contributed by atoms with Gasteiger partial charge in [-0.2, -0.15) is 0 Å². The molecular weight excluding hydrogens is 309 g/mol. The van der Waals surface area contributed by atoms with Gasteiger partial charge in [0, 0.05) is 16.1 Å².